The van der Waals surface area contributed by atoms with E-state index in [0.717, 1.165) is 6.42 Å². The predicted octanol–water partition coefficient (Wildman–Crippen LogP) is 5.16. The van der Waals surface area contributed by atoms with Crippen molar-refractivity contribution in [2.45, 2.75) is 38.5 Å². The Morgan fingerprint density at radius 1 is 0.889 bits per heavy atom. The SMILES string of the molecule is CCC(C)(c1ccccc1)C(C)c1ccccc1. The van der Waals surface area contributed by atoms with E-state index in [-0.39, 0.29) is 5.41 Å². The molecule has 0 aliphatic heterocycles. The molecule has 0 heterocycles. The van der Waals surface area contributed by atoms with Gasteiger partial charge in [0, 0.05) is 0 Å². The molecule has 2 atom stereocenters. The predicted molar refractivity (Wildman–Crippen MR) is 78.9 cm³/mol. The van der Waals surface area contributed by atoms with E-state index >= 15 is 0 Å². The monoisotopic (exact) mass is 238 g/mol. The smallest absolute Gasteiger partial charge is 0.00119 e. The number of rotatable bonds is 4. The van der Waals surface area contributed by atoms with Gasteiger partial charge < -0.3 is 0 Å². The second-order valence-electron chi connectivity index (χ2n) is 5.27. The quantitative estimate of drug-likeness (QED) is 0.690. The lowest BCUT2D eigenvalue weighted by atomic mass is 9.68. The van der Waals surface area contributed by atoms with E-state index in [1.165, 1.54) is 11.1 Å². The fraction of sp³-hybridized carbons (Fsp3) is 0.333. The second-order valence-corrected chi connectivity index (χ2v) is 5.27. The molecule has 0 spiro atoms. The molecule has 0 aromatic heterocycles. The van der Waals surface area contributed by atoms with Crippen LogP contribution in [0.15, 0.2) is 60.7 Å². The van der Waals surface area contributed by atoms with Crippen molar-refractivity contribution < 1.29 is 0 Å². The third-order valence-electron chi connectivity index (χ3n) is 4.42. The summed E-state index contributed by atoms with van der Waals surface area (Å²) >= 11 is 0. The highest BCUT2D eigenvalue weighted by Crippen LogP contribution is 2.41. The summed E-state index contributed by atoms with van der Waals surface area (Å²) in [6.45, 7) is 7.00. The highest BCUT2D eigenvalue weighted by Gasteiger charge is 2.31. The molecule has 0 fully saturated rings. The van der Waals surface area contributed by atoms with E-state index in [9.17, 15) is 0 Å². The third-order valence-corrected chi connectivity index (χ3v) is 4.42. The van der Waals surface area contributed by atoms with Gasteiger partial charge in [0.2, 0.25) is 0 Å². The van der Waals surface area contributed by atoms with E-state index in [2.05, 4.69) is 81.4 Å². The fourth-order valence-electron chi connectivity index (χ4n) is 2.69. The van der Waals surface area contributed by atoms with Crippen LogP contribution in [0, 0.1) is 0 Å². The minimum Gasteiger partial charge on any atom is -0.0645 e. The highest BCUT2D eigenvalue weighted by molar-refractivity contribution is 5.32. The van der Waals surface area contributed by atoms with Crippen molar-refractivity contribution in [2.75, 3.05) is 0 Å². The molecule has 0 N–H and O–H groups in total. The standard InChI is InChI=1S/C18H22/c1-4-18(3,17-13-9-6-10-14-17)15(2)16-11-7-5-8-12-16/h5-15H,4H2,1-3H3. The Balaban J connectivity index is 2.39. The molecule has 0 saturated carbocycles. The topological polar surface area (TPSA) is 0 Å². The molecule has 0 amide bonds. The Morgan fingerprint density at radius 3 is 1.89 bits per heavy atom. The van der Waals surface area contributed by atoms with Crippen molar-refractivity contribution in [3.05, 3.63) is 71.8 Å². The zero-order chi connectivity index (χ0) is 13.0. The average Bonchev–Trinajstić information content (AvgIpc) is 2.47. The molecule has 0 bridgehead atoms. The molecule has 0 heteroatoms. The van der Waals surface area contributed by atoms with E-state index in [0.29, 0.717) is 5.92 Å². The number of hydrogen-bond acceptors (Lipinski definition) is 0. The van der Waals surface area contributed by atoms with Gasteiger partial charge in [-0.2, -0.15) is 0 Å². The lowest BCUT2D eigenvalue weighted by Gasteiger charge is -2.36. The maximum atomic E-state index is 2.38. The Labute approximate surface area is 111 Å². The van der Waals surface area contributed by atoms with E-state index in [4.69, 9.17) is 0 Å². The van der Waals surface area contributed by atoms with Gasteiger partial charge in [-0.1, -0.05) is 81.4 Å². The van der Waals surface area contributed by atoms with Crippen LogP contribution in [0.25, 0.3) is 0 Å². The van der Waals surface area contributed by atoms with Gasteiger partial charge in [-0.25, -0.2) is 0 Å². The van der Waals surface area contributed by atoms with Crippen molar-refractivity contribution in [1.29, 1.82) is 0 Å². The van der Waals surface area contributed by atoms with E-state index in [1.807, 2.05) is 0 Å². The summed E-state index contributed by atoms with van der Waals surface area (Å²) in [6.07, 6.45) is 1.15. The zero-order valence-corrected chi connectivity index (χ0v) is 11.6. The van der Waals surface area contributed by atoms with Crippen molar-refractivity contribution in [3.8, 4) is 0 Å². The van der Waals surface area contributed by atoms with Crippen LogP contribution in [0.3, 0.4) is 0 Å². The first-order chi connectivity index (χ1) is 8.68. The van der Waals surface area contributed by atoms with E-state index < -0.39 is 0 Å². The fourth-order valence-corrected chi connectivity index (χ4v) is 2.69. The maximum Gasteiger partial charge on any atom is -0.00119 e. The molecule has 94 valence electrons. The van der Waals surface area contributed by atoms with Crippen molar-refractivity contribution in [2.24, 2.45) is 0 Å². The third kappa shape index (κ3) is 2.33. The molecule has 0 radical (unpaired) electrons. The summed E-state index contributed by atoms with van der Waals surface area (Å²) in [7, 11) is 0. The minimum absolute atomic E-state index is 0.197. The minimum atomic E-state index is 0.197. The summed E-state index contributed by atoms with van der Waals surface area (Å²) in [4.78, 5) is 0. The Morgan fingerprint density at radius 2 is 1.39 bits per heavy atom. The highest BCUT2D eigenvalue weighted by atomic mass is 14.4. The molecule has 0 aliphatic rings. The molecular formula is C18H22. The van der Waals surface area contributed by atoms with Crippen molar-refractivity contribution in [3.63, 3.8) is 0 Å². The molecule has 2 rings (SSSR count). The van der Waals surface area contributed by atoms with Crippen LogP contribution in [0.4, 0.5) is 0 Å². The van der Waals surface area contributed by atoms with Crippen LogP contribution >= 0.6 is 0 Å². The summed E-state index contributed by atoms with van der Waals surface area (Å²) in [5.41, 5.74) is 3.05. The molecule has 0 nitrogen and oxygen atoms in total. The van der Waals surface area contributed by atoms with Crippen LogP contribution < -0.4 is 0 Å². The van der Waals surface area contributed by atoms with Gasteiger partial charge in [-0.3, -0.25) is 0 Å². The molecule has 0 saturated heterocycles. The first kappa shape index (κ1) is 12.9. The lowest BCUT2D eigenvalue weighted by molar-refractivity contribution is 0.381. The number of hydrogen-bond donors (Lipinski definition) is 0. The number of benzene rings is 2. The van der Waals surface area contributed by atoms with Gasteiger partial charge in [0.25, 0.3) is 0 Å². The summed E-state index contributed by atoms with van der Waals surface area (Å²) in [6, 6.07) is 21.7. The average molecular weight is 238 g/mol. The van der Waals surface area contributed by atoms with Gasteiger partial charge in [-0.15, -0.1) is 0 Å². The van der Waals surface area contributed by atoms with Crippen LogP contribution in [-0.4, -0.2) is 0 Å². The second kappa shape index (κ2) is 5.39. The van der Waals surface area contributed by atoms with Crippen LogP contribution in [-0.2, 0) is 5.41 Å². The first-order valence-electron chi connectivity index (χ1n) is 6.79. The Kier molecular flexibility index (Phi) is 3.86. The van der Waals surface area contributed by atoms with Gasteiger partial charge in [-0.05, 0) is 28.9 Å². The van der Waals surface area contributed by atoms with Gasteiger partial charge >= 0.3 is 0 Å². The summed E-state index contributed by atoms with van der Waals surface area (Å²) in [5.74, 6) is 0.520. The molecule has 18 heavy (non-hydrogen) atoms. The van der Waals surface area contributed by atoms with Crippen molar-refractivity contribution >= 4 is 0 Å². The van der Waals surface area contributed by atoms with Gasteiger partial charge in [0.15, 0.2) is 0 Å². The molecule has 2 unspecified atom stereocenters. The molecule has 0 aliphatic carbocycles. The Bertz CT molecular complexity index is 472. The lowest BCUT2D eigenvalue weighted by Crippen LogP contribution is -2.28. The van der Waals surface area contributed by atoms with Crippen molar-refractivity contribution in [1.82, 2.24) is 0 Å². The van der Waals surface area contributed by atoms with Crippen LogP contribution in [0.1, 0.15) is 44.2 Å². The Hall–Kier alpha value is -1.56. The molecule has 2 aromatic carbocycles. The molecule has 2 aromatic rings. The van der Waals surface area contributed by atoms with Crippen LogP contribution in [0.2, 0.25) is 0 Å². The van der Waals surface area contributed by atoms with Crippen LogP contribution in [0.5, 0.6) is 0 Å². The summed E-state index contributed by atoms with van der Waals surface area (Å²) < 4.78 is 0. The largest absolute Gasteiger partial charge is 0.0645 e. The zero-order valence-electron chi connectivity index (χ0n) is 11.6. The van der Waals surface area contributed by atoms with Gasteiger partial charge in [0.1, 0.15) is 0 Å². The van der Waals surface area contributed by atoms with E-state index in [1.54, 1.807) is 0 Å². The maximum absolute atomic E-state index is 2.38. The normalized spacial score (nSPS) is 15.9. The summed E-state index contributed by atoms with van der Waals surface area (Å²) in [5, 5.41) is 0. The first-order valence-corrected chi connectivity index (χ1v) is 6.79. The molecular weight excluding hydrogens is 216 g/mol. The van der Waals surface area contributed by atoms with Gasteiger partial charge in [0.05, 0.1) is 0 Å².